The number of ether oxygens (including phenoxy) is 1. The Morgan fingerprint density at radius 2 is 2.10 bits per heavy atom. The fraction of sp³-hybridized carbons (Fsp3) is 0.348. The molecule has 2 aromatic heterocycles. The number of halogens is 2. The van der Waals surface area contributed by atoms with Gasteiger partial charge in [0.2, 0.25) is 0 Å². The number of imidazole rings is 1. The van der Waals surface area contributed by atoms with E-state index < -0.39 is 5.82 Å². The van der Waals surface area contributed by atoms with E-state index in [1.54, 1.807) is 24.1 Å². The summed E-state index contributed by atoms with van der Waals surface area (Å²) in [4.78, 5) is 23.7. The van der Waals surface area contributed by atoms with Crippen LogP contribution < -0.4 is 4.74 Å². The van der Waals surface area contributed by atoms with Gasteiger partial charge < -0.3 is 14.2 Å². The number of rotatable bonds is 6. The number of benzene rings is 1. The van der Waals surface area contributed by atoms with Crippen molar-refractivity contribution in [3.63, 3.8) is 0 Å². The Labute approximate surface area is 189 Å². The number of carbonyl (C=O) groups is 1. The van der Waals surface area contributed by atoms with Crippen molar-refractivity contribution in [1.29, 1.82) is 0 Å². The minimum atomic E-state index is -0.503. The van der Waals surface area contributed by atoms with E-state index in [1.807, 2.05) is 30.7 Å². The van der Waals surface area contributed by atoms with Crippen LogP contribution in [-0.4, -0.2) is 38.5 Å². The lowest BCUT2D eigenvalue weighted by Crippen LogP contribution is -2.40. The van der Waals surface area contributed by atoms with Crippen LogP contribution in [0.15, 0.2) is 41.3 Å². The van der Waals surface area contributed by atoms with Crippen molar-refractivity contribution in [2.75, 3.05) is 13.2 Å². The zero-order valence-electron chi connectivity index (χ0n) is 17.7. The highest BCUT2D eigenvalue weighted by molar-refractivity contribution is 9.10. The van der Waals surface area contributed by atoms with Crippen molar-refractivity contribution in [2.45, 2.75) is 39.8 Å². The van der Waals surface area contributed by atoms with Crippen LogP contribution in [0.25, 0.3) is 0 Å². The number of aromatic nitrogens is 3. The summed E-state index contributed by atoms with van der Waals surface area (Å²) in [6.45, 7) is 7.22. The second-order valence-corrected chi connectivity index (χ2v) is 8.46. The molecular weight excluding hydrogens is 463 g/mol. The third-order valence-electron chi connectivity index (χ3n) is 5.66. The van der Waals surface area contributed by atoms with Crippen molar-refractivity contribution in [3.05, 3.63) is 75.3 Å². The lowest BCUT2D eigenvalue weighted by molar-refractivity contribution is 0.0668. The largest absolute Gasteiger partial charge is 0.491 e. The van der Waals surface area contributed by atoms with Gasteiger partial charge in [0.25, 0.3) is 5.91 Å². The number of amides is 1. The number of carbonyl (C=O) groups excluding carboxylic acids is 1. The van der Waals surface area contributed by atoms with Gasteiger partial charge in [-0.2, -0.15) is 0 Å². The van der Waals surface area contributed by atoms with E-state index in [0.29, 0.717) is 31.0 Å². The number of aryl methyl sites for hydroxylation is 1. The molecule has 1 aromatic carbocycles. The Morgan fingerprint density at radius 3 is 2.81 bits per heavy atom. The van der Waals surface area contributed by atoms with Gasteiger partial charge in [-0.3, -0.25) is 9.78 Å². The molecule has 0 N–H and O–H groups in total. The van der Waals surface area contributed by atoms with Gasteiger partial charge in [0.15, 0.2) is 11.6 Å². The van der Waals surface area contributed by atoms with Gasteiger partial charge in [-0.15, -0.1) is 0 Å². The molecule has 3 heterocycles. The summed E-state index contributed by atoms with van der Waals surface area (Å²) < 4.78 is 22.3. The number of hydrogen-bond donors (Lipinski definition) is 0. The van der Waals surface area contributed by atoms with Crippen LogP contribution in [0, 0.1) is 12.7 Å². The van der Waals surface area contributed by atoms with Crippen LogP contribution in [0.5, 0.6) is 5.75 Å². The molecule has 1 aliphatic heterocycles. The fourth-order valence-electron chi connectivity index (χ4n) is 3.94. The lowest BCUT2D eigenvalue weighted by Gasteiger charge is -2.34. The zero-order chi connectivity index (χ0) is 22.1. The van der Waals surface area contributed by atoms with Gasteiger partial charge in [0.05, 0.1) is 24.5 Å². The molecule has 4 rings (SSSR count). The lowest BCUT2D eigenvalue weighted by atomic mass is 9.95. The van der Waals surface area contributed by atoms with Gasteiger partial charge in [0.1, 0.15) is 5.82 Å². The first-order valence-electron chi connectivity index (χ1n) is 10.3. The minimum absolute atomic E-state index is 0.0530. The van der Waals surface area contributed by atoms with E-state index in [0.717, 1.165) is 34.0 Å². The Balaban J connectivity index is 1.63. The highest BCUT2D eigenvalue weighted by Gasteiger charge is 2.31. The van der Waals surface area contributed by atoms with E-state index >= 15 is 0 Å². The summed E-state index contributed by atoms with van der Waals surface area (Å²) in [5, 5.41) is 0. The Bertz CT molecular complexity index is 1130. The monoisotopic (exact) mass is 486 g/mol. The van der Waals surface area contributed by atoms with Crippen LogP contribution in [0.1, 0.15) is 52.9 Å². The van der Waals surface area contributed by atoms with E-state index in [2.05, 4.69) is 32.0 Å². The fourth-order valence-corrected chi connectivity index (χ4v) is 4.65. The minimum Gasteiger partial charge on any atom is -0.491 e. The maximum absolute atomic E-state index is 13.9. The molecule has 31 heavy (non-hydrogen) atoms. The predicted molar refractivity (Wildman–Crippen MR) is 119 cm³/mol. The van der Waals surface area contributed by atoms with Crippen molar-refractivity contribution in [3.8, 4) is 5.75 Å². The van der Waals surface area contributed by atoms with Gasteiger partial charge in [-0.25, -0.2) is 9.37 Å². The van der Waals surface area contributed by atoms with E-state index in [4.69, 9.17) is 4.74 Å². The summed E-state index contributed by atoms with van der Waals surface area (Å²) in [5.74, 6) is 0.520. The molecule has 0 radical (unpaired) electrons. The normalized spacial score (nSPS) is 14.5. The van der Waals surface area contributed by atoms with E-state index in [-0.39, 0.29) is 17.7 Å². The van der Waals surface area contributed by atoms with E-state index in [1.165, 1.54) is 0 Å². The Morgan fingerprint density at radius 1 is 1.29 bits per heavy atom. The van der Waals surface area contributed by atoms with Gasteiger partial charge in [-0.05, 0) is 50.5 Å². The highest BCUT2D eigenvalue weighted by atomic mass is 79.9. The Hall–Kier alpha value is -2.74. The quantitative estimate of drug-likeness (QED) is 0.506. The first-order valence-corrected chi connectivity index (χ1v) is 11.1. The van der Waals surface area contributed by atoms with Gasteiger partial charge in [-0.1, -0.05) is 15.9 Å². The average Bonchev–Trinajstić information content (AvgIpc) is 3.14. The molecule has 8 heteroatoms. The molecule has 0 aliphatic carbocycles. The second kappa shape index (κ2) is 8.78. The van der Waals surface area contributed by atoms with Crippen molar-refractivity contribution >= 4 is 21.8 Å². The molecule has 6 nitrogen and oxygen atoms in total. The van der Waals surface area contributed by atoms with Crippen LogP contribution in [0.4, 0.5) is 4.39 Å². The summed E-state index contributed by atoms with van der Waals surface area (Å²) in [5.41, 5.74) is 3.33. The maximum Gasteiger partial charge on any atom is 0.254 e. The number of hydrogen-bond acceptors (Lipinski definition) is 4. The molecule has 3 aromatic rings. The molecule has 0 bridgehead atoms. The summed E-state index contributed by atoms with van der Waals surface area (Å²) in [7, 11) is 0. The number of fused-ring (bicyclic) bond motifs is 1. The molecule has 1 unspecified atom stereocenters. The van der Waals surface area contributed by atoms with Crippen LogP contribution in [0.2, 0.25) is 0 Å². The smallest absolute Gasteiger partial charge is 0.254 e. The van der Waals surface area contributed by atoms with Crippen molar-refractivity contribution < 1.29 is 13.9 Å². The molecule has 162 valence electrons. The first kappa shape index (κ1) is 21.5. The predicted octanol–water partition coefficient (Wildman–Crippen LogP) is 4.69. The van der Waals surface area contributed by atoms with Crippen LogP contribution >= 0.6 is 15.9 Å². The number of pyridine rings is 1. The Kier molecular flexibility index (Phi) is 6.09. The zero-order valence-corrected chi connectivity index (χ0v) is 19.3. The van der Waals surface area contributed by atoms with Gasteiger partial charge in [0, 0.05) is 41.6 Å². The molecule has 1 atom stereocenters. The van der Waals surface area contributed by atoms with Crippen molar-refractivity contribution in [1.82, 2.24) is 19.4 Å². The molecule has 0 saturated heterocycles. The highest BCUT2D eigenvalue weighted by Crippen LogP contribution is 2.33. The molecule has 0 saturated carbocycles. The molecule has 1 aliphatic rings. The van der Waals surface area contributed by atoms with E-state index in [9.17, 15) is 9.18 Å². The third kappa shape index (κ3) is 4.21. The topological polar surface area (TPSA) is 60.2 Å². The summed E-state index contributed by atoms with van der Waals surface area (Å²) >= 11 is 3.65. The third-order valence-corrected chi connectivity index (χ3v) is 6.37. The van der Waals surface area contributed by atoms with Crippen LogP contribution in [-0.2, 0) is 13.0 Å². The van der Waals surface area contributed by atoms with Gasteiger partial charge >= 0.3 is 0 Å². The van der Waals surface area contributed by atoms with Crippen molar-refractivity contribution in [2.24, 2.45) is 0 Å². The molecule has 1 amide bonds. The summed E-state index contributed by atoms with van der Waals surface area (Å²) in [6, 6.07) is 5.31. The molecular formula is C23H24BrFN4O2. The SMILES string of the molecule is CCOc1cc(C(C)N2CCc3c(Br)cc(Cn4ccnc4C)cc3C2=O)ncc1F. The average molecular weight is 487 g/mol. The summed E-state index contributed by atoms with van der Waals surface area (Å²) in [6.07, 6.45) is 5.58. The van der Waals surface area contributed by atoms with Crippen LogP contribution in [0.3, 0.4) is 0 Å². The molecule has 0 spiro atoms. The first-order chi connectivity index (χ1) is 14.9. The number of nitrogens with zero attached hydrogens (tertiary/aromatic N) is 4. The standard InChI is InChI=1S/C23H24BrFN4O2/c1-4-31-22-11-21(27-12-20(22)25)14(2)29-7-5-17-18(23(29)30)9-16(10-19(17)24)13-28-8-6-26-15(28)3/h6,8-12,14H,4-5,7,13H2,1-3H3. The molecule has 0 fully saturated rings. The second-order valence-electron chi connectivity index (χ2n) is 7.60. The maximum atomic E-state index is 13.9.